The van der Waals surface area contributed by atoms with Gasteiger partial charge < -0.3 is 9.47 Å². The van der Waals surface area contributed by atoms with Crippen LogP contribution in [0.15, 0.2) is 69.2 Å². The second-order valence-electron chi connectivity index (χ2n) is 15.3. The van der Waals surface area contributed by atoms with Crippen molar-refractivity contribution in [1.82, 2.24) is 28.9 Å². The Morgan fingerprint density at radius 2 is 1.14 bits per heavy atom. The molecule has 2 N–H and O–H groups in total. The van der Waals surface area contributed by atoms with Gasteiger partial charge >= 0.3 is 23.3 Å². The Morgan fingerprint density at radius 3 is 1.56 bits per heavy atom. The van der Waals surface area contributed by atoms with Crippen molar-refractivity contribution in [1.29, 1.82) is 0 Å². The number of piperidine rings is 2. The number of halogens is 1. The number of nitrogens with one attached hydrogen (secondary N) is 2. The van der Waals surface area contributed by atoms with Crippen LogP contribution in [0.5, 0.6) is 0 Å². The van der Waals surface area contributed by atoms with E-state index in [1.807, 2.05) is 32.9 Å². The zero-order valence-electron chi connectivity index (χ0n) is 33.1. The van der Waals surface area contributed by atoms with Crippen LogP contribution in [-0.4, -0.2) is 65.0 Å². The van der Waals surface area contributed by atoms with Gasteiger partial charge in [0.2, 0.25) is 23.6 Å². The molecule has 4 amide bonds. The van der Waals surface area contributed by atoms with Gasteiger partial charge in [-0.05, 0) is 96.4 Å². The topological polar surface area (TPSA) is 199 Å². The highest BCUT2D eigenvalue weighted by Gasteiger charge is 2.32. The van der Waals surface area contributed by atoms with Crippen LogP contribution in [0.1, 0.15) is 84.9 Å². The van der Waals surface area contributed by atoms with Crippen molar-refractivity contribution >= 4 is 79.6 Å². The van der Waals surface area contributed by atoms with Gasteiger partial charge in [0.15, 0.2) is 0 Å². The molecule has 2 aliphatic heterocycles. The van der Waals surface area contributed by atoms with Gasteiger partial charge in [-0.1, -0.05) is 28.6 Å². The molecule has 0 radical (unpaired) electrons. The molecule has 16 nitrogen and oxygen atoms in total. The van der Waals surface area contributed by atoms with Crippen molar-refractivity contribution in [3.05, 3.63) is 86.1 Å². The summed E-state index contributed by atoms with van der Waals surface area (Å²) in [6.07, 6.45) is 5.17. The SMILES string of the molecule is C=CC(=O)OC(C)(C)C.Cn1c(=O)n(C2CCC(=O)NC2=O)c2ccc(/C=C/C(=O)OC(C)(C)C)cc21.Cn1c(=O)n(C2CCC(=O)NC2=O)c2ccc(Br)cc21. The summed E-state index contributed by atoms with van der Waals surface area (Å²) in [7, 11) is 3.29. The summed E-state index contributed by atoms with van der Waals surface area (Å²) < 4.78 is 16.8. The van der Waals surface area contributed by atoms with Gasteiger partial charge in [0.1, 0.15) is 23.3 Å². The third kappa shape index (κ3) is 10.9. The molecule has 2 aromatic heterocycles. The number of ether oxygens (including phenoxy) is 2. The zero-order valence-corrected chi connectivity index (χ0v) is 34.7. The molecule has 0 bridgehead atoms. The minimum Gasteiger partial charge on any atom is -0.457 e. The average Bonchev–Trinajstić information content (AvgIpc) is 3.50. The van der Waals surface area contributed by atoms with Crippen LogP contribution in [0.4, 0.5) is 0 Å². The number of rotatable bonds is 5. The van der Waals surface area contributed by atoms with E-state index in [-0.39, 0.29) is 48.4 Å². The number of esters is 2. The summed E-state index contributed by atoms with van der Waals surface area (Å²) in [6, 6.07) is 9.34. The smallest absolute Gasteiger partial charge is 0.331 e. The molecule has 2 aromatic carbocycles. The van der Waals surface area contributed by atoms with E-state index in [1.54, 1.807) is 65.2 Å². The normalized spacial score (nSPS) is 17.3. The van der Waals surface area contributed by atoms with E-state index >= 15 is 0 Å². The second kappa shape index (κ2) is 17.5. The van der Waals surface area contributed by atoms with E-state index in [2.05, 4.69) is 33.1 Å². The lowest BCUT2D eigenvalue weighted by atomic mass is 10.1. The van der Waals surface area contributed by atoms with Crippen molar-refractivity contribution < 1.29 is 38.2 Å². The maximum absolute atomic E-state index is 12.7. The molecule has 4 aromatic rings. The van der Waals surface area contributed by atoms with Crippen molar-refractivity contribution in [2.24, 2.45) is 14.1 Å². The summed E-state index contributed by atoms with van der Waals surface area (Å²) in [5, 5.41) is 4.57. The van der Waals surface area contributed by atoms with Crippen molar-refractivity contribution in [3.63, 3.8) is 0 Å². The Labute approximate surface area is 336 Å². The molecule has 2 fully saturated rings. The molecule has 4 heterocycles. The standard InChI is InChI=1S/C20H23N3O5.C13H12BrN3O3.C7H12O2/c1-20(2,3)28-17(25)10-6-12-5-7-13-15(11-12)22(4)19(27)23(13)14-8-9-16(24)21-18(14)26;1-16-10-6-7(14)2-3-8(10)17(13(16)20)9-4-5-11(18)15-12(9)19;1-5-6(8)9-7(2,3)4/h5-7,10-11,14H,8-9H2,1-4H3,(H,21,24,26);2-3,6,9H,4-5H2,1H3,(H,15,18,19);5H,1H2,2-4H3/b10-6+;;. The lowest BCUT2D eigenvalue weighted by Crippen LogP contribution is -2.44. The quantitative estimate of drug-likeness (QED) is 0.166. The fourth-order valence-electron chi connectivity index (χ4n) is 6.12. The van der Waals surface area contributed by atoms with Crippen molar-refractivity contribution in [2.75, 3.05) is 0 Å². The summed E-state index contributed by atoms with van der Waals surface area (Å²) in [4.78, 5) is 94.2. The number of hydrogen-bond donors (Lipinski definition) is 2. The largest absolute Gasteiger partial charge is 0.457 e. The van der Waals surface area contributed by atoms with Crippen LogP contribution in [0.2, 0.25) is 0 Å². The maximum Gasteiger partial charge on any atom is 0.331 e. The van der Waals surface area contributed by atoms with Crippen LogP contribution in [0.3, 0.4) is 0 Å². The first-order valence-corrected chi connectivity index (χ1v) is 18.8. The molecule has 6 rings (SSSR count). The molecular weight excluding hydrogens is 804 g/mol. The number of hydrogen-bond acceptors (Lipinski definition) is 10. The summed E-state index contributed by atoms with van der Waals surface area (Å²) >= 11 is 3.37. The Hall–Kier alpha value is -5.84. The van der Waals surface area contributed by atoms with Crippen LogP contribution in [0.25, 0.3) is 28.1 Å². The number of aromatic nitrogens is 4. The van der Waals surface area contributed by atoms with Crippen molar-refractivity contribution in [2.45, 2.75) is 90.5 Å². The molecule has 304 valence electrons. The van der Waals surface area contributed by atoms with Gasteiger partial charge in [-0.15, -0.1) is 0 Å². The Kier molecular flexibility index (Phi) is 13.5. The maximum atomic E-state index is 12.7. The van der Waals surface area contributed by atoms with E-state index in [4.69, 9.17) is 9.47 Å². The third-order valence-corrected chi connectivity index (χ3v) is 9.09. The molecule has 0 saturated carbocycles. The summed E-state index contributed by atoms with van der Waals surface area (Å²) in [5.74, 6) is -2.34. The summed E-state index contributed by atoms with van der Waals surface area (Å²) in [5.41, 5.74) is 1.81. The van der Waals surface area contributed by atoms with E-state index in [9.17, 15) is 38.4 Å². The number of nitrogens with zero attached hydrogens (tertiary/aromatic N) is 4. The molecule has 2 atom stereocenters. The van der Waals surface area contributed by atoms with Gasteiger partial charge in [-0.25, -0.2) is 19.2 Å². The predicted molar refractivity (Wildman–Crippen MR) is 216 cm³/mol. The number of amides is 4. The van der Waals surface area contributed by atoms with Gasteiger partial charge in [-0.3, -0.25) is 48.1 Å². The number of fused-ring (bicyclic) bond motifs is 2. The Bertz CT molecular complexity index is 2420. The first-order valence-electron chi connectivity index (χ1n) is 18.0. The molecular formula is C40H47BrN6O10. The van der Waals surface area contributed by atoms with E-state index < -0.39 is 41.1 Å². The van der Waals surface area contributed by atoms with Crippen LogP contribution < -0.4 is 22.0 Å². The fraction of sp³-hybridized carbons (Fsp3) is 0.400. The second-order valence-corrected chi connectivity index (χ2v) is 16.3. The third-order valence-electron chi connectivity index (χ3n) is 8.60. The number of carbonyl (C=O) groups excluding carboxylic acids is 6. The molecule has 57 heavy (non-hydrogen) atoms. The monoisotopic (exact) mass is 850 g/mol. The first kappa shape index (κ1) is 43.9. The lowest BCUT2D eigenvalue weighted by molar-refractivity contribution is -0.149. The fourth-order valence-corrected chi connectivity index (χ4v) is 6.47. The van der Waals surface area contributed by atoms with Crippen LogP contribution in [-0.2, 0) is 52.3 Å². The molecule has 0 spiro atoms. The minimum atomic E-state index is -0.725. The van der Waals surface area contributed by atoms with Gasteiger partial charge in [0, 0.05) is 43.6 Å². The first-order chi connectivity index (χ1) is 26.5. The van der Waals surface area contributed by atoms with Crippen LogP contribution >= 0.6 is 15.9 Å². The molecule has 17 heteroatoms. The summed E-state index contributed by atoms with van der Waals surface area (Å²) in [6.45, 7) is 14.1. The minimum absolute atomic E-state index is 0.190. The molecule has 2 unspecified atom stereocenters. The number of carbonyl (C=O) groups is 6. The highest BCUT2D eigenvalue weighted by atomic mass is 79.9. The Balaban J connectivity index is 0.000000215. The average molecular weight is 852 g/mol. The molecule has 2 saturated heterocycles. The van der Waals surface area contributed by atoms with E-state index in [0.29, 0.717) is 23.0 Å². The predicted octanol–water partition coefficient (Wildman–Crippen LogP) is 4.27. The Morgan fingerprint density at radius 1 is 0.702 bits per heavy atom. The lowest BCUT2D eigenvalue weighted by Gasteiger charge is -2.21. The zero-order chi connectivity index (χ0) is 42.6. The van der Waals surface area contributed by atoms with Gasteiger partial charge in [0.05, 0.1) is 22.1 Å². The number of imide groups is 2. The van der Waals surface area contributed by atoms with Gasteiger partial charge in [-0.2, -0.15) is 0 Å². The van der Waals surface area contributed by atoms with Crippen molar-refractivity contribution in [3.8, 4) is 0 Å². The number of imidazole rings is 2. The van der Waals surface area contributed by atoms with Crippen LogP contribution in [0, 0.1) is 0 Å². The number of aryl methyl sites for hydroxylation is 2. The van der Waals surface area contributed by atoms with E-state index in [1.165, 1.54) is 24.3 Å². The van der Waals surface area contributed by atoms with E-state index in [0.717, 1.165) is 21.6 Å². The van der Waals surface area contributed by atoms with Gasteiger partial charge in [0.25, 0.3) is 0 Å². The highest BCUT2D eigenvalue weighted by molar-refractivity contribution is 9.10. The highest BCUT2D eigenvalue weighted by Crippen LogP contribution is 2.26. The molecule has 0 aliphatic carbocycles. The molecule has 2 aliphatic rings. The number of benzene rings is 2.